The molecule has 0 unspecified atom stereocenters. The summed E-state index contributed by atoms with van der Waals surface area (Å²) in [4.78, 5) is 25.0. The van der Waals surface area contributed by atoms with Gasteiger partial charge in [-0.2, -0.15) is 5.10 Å². The molecule has 2 N–H and O–H groups in total. The van der Waals surface area contributed by atoms with Crippen molar-refractivity contribution in [2.24, 2.45) is 5.14 Å². The van der Waals surface area contributed by atoms with Crippen LogP contribution < -0.4 is 5.14 Å². The number of Topliss-reactive ketones (excluding diaryl/α,β-unsaturated/α-hetero) is 2. The molecule has 3 aromatic rings. The zero-order valence-electron chi connectivity index (χ0n) is 13.8. The number of carbonyl (C=O) groups excluding carboxylic acids is 2. The van der Waals surface area contributed by atoms with Gasteiger partial charge in [0.15, 0.2) is 0 Å². The van der Waals surface area contributed by atoms with Crippen molar-refractivity contribution in [1.82, 2.24) is 9.78 Å². The first-order chi connectivity index (χ1) is 12.3. The van der Waals surface area contributed by atoms with Crippen molar-refractivity contribution in [3.05, 3.63) is 77.6 Å². The maximum Gasteiger partial charge on any atom is 0.251 e. The highest BCUT2D eigenvalue weighted by Gasteiger charge is 2.23. The van der Waals surface area contributed by atoms with Crippen LogP contribution in [0, 0.1) is 6.92 Å². The Morgan fingerprint density at radius 3 is 2.15 bits per heavy atom. The second-order valence-electron chi connectivity index (χ2n) is 5.65. The third kappa shape index (κ3) is 3.46. The van der Waals surface area contributed by atoms with Crippen molar-refractivity contribution < 1.29 is 18.0 Å². The van der Waals surface area contributed by atoms with E-state index in [9.17, 15) is 18.0 Å². The quantitative estimate of drug-likeness (QED) is 0.545. The van der Waals surface area contributed by atoms with E-state index in [1.54, 1.807) is 37.3 Å². The van der Waals surface area contributed by atoms with Gasteiger partial charge in [-0.3, -0.25) is 9.59 Å². The Balaban J connectivity index is 2.01. The smallest absolute Gasteiger partial charge is 0.251 e. The number of nitrogens with two attached hydrogens (primary N) is 1. The molecule has 7 nitrogen and oxygen atoms in total. The zero-order chi connectivity index (χ0) is 18.9. The third-order valence-electron chi connectivity index (χ3n) is 3.72. The number of nitrogens with zero attached hydrogens (tertiary/aromatic N) is 2. The number of aryl methyl sites for hydroxylation is 1. The highest BCUT2D eigenvalue weighted by Crippen LogP contribution is 2.17. The van der Waals surface area contributed by atoms with Crippen molar-refractivity contribution in [2.45, 2.75) is 11.8 Å². The van der Waals surface area contributed by atoms with E-state index in [0.717, 1.165) is 0 Å². The fourth-order valence-corrected chi connectivity index (χ4v) is 2.99. The molecule has 26 heavy (non-hydrogen) atoms. The highest BCUT2D eigenvalue weighted by molar-refractivity contribution is 7.89. The van der Waals surface area contributed by atoms with Crippen LogP contribution in [0.15, 0.2) is 65.6 Å². The topological polar surface area (TPSA) is 112 Å². The highest BCUT2D eigenvalue weighted by atomic mass is 32.2. The average molecular weight is 369 g/mol. The molecule has 0 atom stereocenters. The van der Waals surface area contributed by atoms with Gasteiger partial charge in [0.05, 0.1) is 16.3 Å². The van der Waals surface area contributed by atoms with Crippen molar-refractivity contribution in [3.63, 3.8) is 0 Å². The van der Waals surface area contributed by atoms with Crippen LogP contribution in [0.1, 0.15) is 26.5 Å². The summed E-state index contributed by atoms with van der Waals surface area (Å²) in [5, 5.41) is 9.32. The maximum absolute atomic E-state index is 12.7. The summed E-state index contributed by atoms with van der Waals surface area (Å²) in [5.41, 5.74) is 1.37. The van der Waals surface area contributed by atoms with Gasteiger partial charge < -0.3 is 0 Å². The first-order valence-corrected chi connectivity index (χ1v) is 9.16. The third-order valence-corrected chi connectivity index (χ3v) is 4.65. The molecule has 0 saturated carbocycles. The minimum Gasteiger partial charge on any atom is -0.285 e. The van der Waals surface area contributed by atoms with E-state index in [0.29, 0.717) is 11.4 Å². The van der Waals surface area contributed by atoms with Gasteiger partial charge in [-0.25, -0.2) is 18.2 Å². The van der Waals surface area contributed by atoms with Crippen molar-refractivity contribution >= 4 is 21.6 Å². The maximum atomic E-state index is 12.7. The largest absolute Gasteiger partial charge is 0.285 e. The van der Waals surface area contributed by atoms with Crippen LogP contribution in [0.3, 0.4) is 0 Å². The van der Waals surface area contributed by atoms with Gasteiger partial charge in [-0.1, -0.05) is 30.3 Å². The first kappa shape index (κ1) is 17.7. The van der Waals surface area contributed by atoms with Crippen LogP contribution in [0.25, 0.3) is 5.69 Å². The second kappa shape index (κ2) is 6.66. The van der Waals surface area contributed by atoms with E-state index in [-0.39, 0.29) is 16.2 Å². The first-order valence-electron chi connectivity index (χ1n) is 7.61. The summed E-state index contributed by atoms with van der Waals surface area (Å²) >= 11 is 0. The molecule has 1 heterocycles. The Hall–Kier alpha value is -3.10. The molecule has 0 amide bonds. The van der Waals surface area contributed by atoms with Gasteiger partial charge in [0.2, 0.25) is 15.8 Å². The Morgan fingerprint density at radius 2 is 1.58 bits per heavy atom. The van der Waals surface area contributed by atoms with Crippen molar-refractivity contribution in [1.29, 1.82) is 0 Å². The number of carbonyl (C=O) groups is 2. The molecular weight excluding hydrogens is 354 g/mol. The lowest BCUT2D eigenvalue weighted by Crippen LogP contribution is -2.18. The number of benzene rings is 2. The Morgan fingerprint density at radius 1 is 0.962 bits per heavy atom. The lowest BCUT2D eigenvalue weighted by atomic mass is 10.1. The summed E-state index contributed by atoms with van der Waals surface area (Å²) in [6.07, 6.45) is 0. The van der Waals surface area contributed by atoms with E-state index >= 15 is 0 Å². The lowest BCUT2D eigenvalue weighted by Gasteiger charge is -2.07. The minimum atomic E-state index is -3.82. The van der Waals surface area contributed by atoms with Crippen LogP contribution >= 0.6 is 0 Å². The summed E-state index contributed by atoms with van der Waals surface area (Å²) in [5.74, 6) is -1.35. The van der Waals surface area contributed by atoms with Crippen LogP contribution in [-0.2, 0) is 10.0 Å². The molecule has 0 fully saturated rings. The van der Waals surface area contributed by atoms with Crippen molar-refractivity contribution in [2.75, 3.05) is 0 Å². The minimum absolute atomic E-state index is 0.0571. The van der Waals surface area contributed by atoms with E-state index < -0.39 is 21.6 Å². The fourth-order valence-electron chi connectivity index (χ4n) is 2.47. The number of aromatic nitrogens is 2. The molecule has 0 radical (unpaired) electrons. The van der Waals surface area contributed by atoms with Crippen molar-refractivity contribution in [3.8, 4) is 5.69 Å². The number of rotatable bonds is 5. The van der Waals surface area contributed by atoms with E-state index in [4.69, 9.17) is 5.14 Å². The molecule has 1 aromatic heterocycles. The van der Waals surface area contributed by atoms with Crippen LogP contribution in [0.2, 0.25) is 0 Å². The molecule has 3 rings (SSSR count). The normalized spacial score (nSPS) is 11.3. The SMILES string of the molecule is Cc1cc(C(=O)C(=O)c2ccccc2)n(-c2ccc(S(N)(=O)=O)cc2)n1. The number of primary sulfonamides is 1. The molecule has 0 aliphatic carbocycles. The number of sulfonamides is 1. The van der Waals surface area contributed by atoms with Gasteiger partial charge in [-0.15, -0.1) is 0 Å². The number of ketones is 2. The molecule has 0 bridgehead atoms. The van der Waals surface area contributed by atoms with Gasteiger partial charge in [0.1, 0.15) is 5.69 Å². The molecule has 0 aliphatic heterocycles. The molecule has 0 saturated heterocycles. The monoisotopic (exact) mass is 369 g/mol. The van der Waals surface area contributed by atoms with E-state index in [1.807, 2.05) is 0 Å². The lowest BCUT2D eigenvalue weighted by molar-refractivity contribution is 0.0812. The number of hydrogen-bond donors (Lipinski definition) is 1. The van der Waals surface area contributed by atoms with Crippen LogP contribution in [0.5, 0.6) is 0 Å². The van der Waals surface area contributed by atoms with Gasteiger partial charge in [-0.05, 0) is 37.3 Å². The van der Waals surface area contributed by atoms with E-state index in [2.05, 4.69) is 5.10 Å². The summed E-state index contributed by atoms with van der Waals surface area (Å²) in [6.45, 7) is 1.69. The molecule has 2 aromatic carbocycles. The standard InChI is InChI=1S/C18H15N3O4S/c1-12-11-16(18(23)17(22)13-5-3-2-4-6-13)21(20-12)14-7-9-15(10-8-14)26(19,24)25/h2-11H,1H3,(H2,19,24,25). The molecule has 8 heteroatoms. The zero-order valence-corrected chi connectivity index (χ0v) is 14.6. The average Bonchev–Trinajstić information content (AvgIpc) is 3.02. The Bertz CT molecular complexity index is 1090. The second-order valence-corrected chi connectivity index (χ2v) is 7.21. The molecule has 0 spiro atoms. The molecule has 132 valence electrons. The Labute approximate surface area is 150 Å². The fraction of sp³-hybridized carbons (Fsp3) is 0.0556. The van der Waals surface area contributed by atoms with Crippen LogP contribution in [-0.4, -0.2) is 29.8 Å². The summed E-state index contributed by atoms with van der Waals surface area (Å²) in [7, 11) is -3.82. The van der Waals surface area contributed by atoms with E-state index in [1.165, 1.54) is 35.0 Å². The summed E-state index contributed by atoms with van der Waals surface area (Å²) < 4.78 is 24.0. The van der Waals surface area contributed by atoms with Gasteiger partial charge in [0.25, 0.3) is 5.78 Å². The van der Waals surface area contributed by atoms with Gasteiger partial charge >= 0.3 is 0 Å². The number of hydrogen-bond acceptors (Lipinski definition) is 5. The predicted octanol–water partition coefficient (Wildman–Crippen LogP) is 1.89. The molecular formula is C18H15N3O4S. The Kier molecular flexibility index (Phi) is 4.54. The molecule has 0 aliphatic rings. The summed E-state index contributed by atoms with van der Waals surface area (Å²) in [6, 6.07) is 15.3. The predicted molar refractivity (Wildman–Crippen MR) is 94.8 cm³/mol. The van der Waals surface area contributed by atoms with Gasteiger partial charge in [0, 0.05) is 5.56 Å². The van der Waals surface area contributed by atoms with Crippen LogP contribution in [0.4, 0.5) is 0 Å².